The molecule has 0 radical (unpaired) electrons. The van der Waals surface area contributed by atoms with E-state index in [9.17, 15) is 0 Å². The SMILES string of the molecule is Cl[B-](Cl)(Cl)Br.[Na+]. The zero-order valence-electron chi connectivity index (χ0n) is 3.09. The van der Waals surface area contributed by atoms with Crippen molar-refractivity contribution in [2.45, 2.75) is 0 Å². The predicted octanol–water partition coefficient (Wildman–Crippen LogP) is -0.463. The van der Waals surface area contributed by atoms with Crippen molar-refractivity contribution in [2.24, 2.45) is 0 Å². The van der Waals surface area contributed by atoms with E-state index in [-0.39, 0.29) is 29.6 Å². The maximum Gasteiger partial charge on any atom is 1.00 e. The van der Waals surface area contributed by atoms with Crippen LogP contribution in [0.1, 0.15) is 0 Å². The molecule has 6 heteroatoms. The Labute approximate surface area is 81.8 Å². The van der Waals surface area contributed by atoms with E-state index in [0.717, 1.165) is 0 Å². The summed E-state index contributed by atoms with van der Waals surface area (Å²) in [5.41, 5.74) is 0. The van der Waals surface area contributed by atoms with Crippen LogP contribution in [0.3, 0.4) is 0 Å². The summed E-state index contributed by atoms with van der Waals surface area (Å²) in [5, 5.41) is 0. The maximum atomic E-state index is 5.04. The molecule has 0 rings (SSSR count). The topological polar surface area (TPSA) is 0 Å². The van der Waals surface area contributed by atoms with E-state index in [1.807, 2.05) is 0 Å². The van der Waals surface area contributed by atoms with Crippen molar-refractivity contribution >= 4 is 53.4 Å². The first kappa shape index (κ1) is 11.2. The predicted molar refractivity (Wildman–Crippen MR) is 32.2 cm³/mol. The van der Waals surface area contributed by atoms with Crippen LogP contribution in [0.15, 0.2) is 0 Å². The molecule has 0 heterocycles. The van der Waals surface area contributed by atoms with Gasteiger partial charge in [0.25, 0.3) is 0 Å². The van der Waals surface area contributed by atoms with Crippen LogP contribution in [0.5, 0.6) is 0 Å². The van der Waals surface area contributed by atoms with Crippen LogP contribution in [-0.2, 0) is 0 Å². The first-order valence-corrected chi connectivity index (χ1v) is 3.10. The number of rotatable bonds is 0. The summed E-state index contributed by atoms with van der Waals surface area (Å²) in [4.78, 5) is 0. The molecule has 0 aliphatic rings. The van der Waals surface area contributed by atoms with Crippen LogP contribution in [0.2, 0.25) is 0 Å². The zero-order chi connectivity index (χ0) is 4.50. The van der Waals surface area contributed by atoms with E-state index in [1.54, 1.807) is 0 Å². The van der Waals surface area contributed by atoms with Crippen molar-refractivity contribution in [1.29, 1.82) is 0 Å². The molecular formula is BBrCl3Na. The van der Waals surface area contributed by atoms with Gasteiger partial charge >= 0.3 is 32.8 Å². The molecule has 0 fully saturated rings. The Morgan fingerprint density at radius 3 is 1.17 bits per heavy atom. The second-order valence-corrected chi connectivity index (χ2v) is 6.08. The Morgan fingerprint density at radius 1 is 1.17 bits per heavy atom. The average Bonchev–Trinajstić information content (AvgIpc) is 0.722. The summed E-state index contributed by atoms with van der Waals surface area (Å²) in [6.45, 7) is 0. The summed E-state index contributed by atoms with van der Waals surface area (Å²) < 4.78 is -1.77. The van der Waals surface area contributed by atoms with Crippen LogP contribution in [-0.4, -0.2) is 3.22 Å². The second-order valence-electron chi connectivity index (χ2n) is 0.495. The van der Waals surface area contributed by atoms with Gasteiger partial charge in [0.2, 0.25) is 0 Å². The van der Waals surface area contributed by atoms with Crippen LogP contribution in [0, 0.1) is 0 Å². The summed E-state index contributed by atoms with van der Waals surface area (Å²) in [6.07, 6.45) is 0. The molecule has 32 valence electrons. The Balaban J connectivity index is 0. The van der Waals surface area contributed by atoms with Gasteiger partial charge in [0, 0.05) is 0 Å². The van der Waals surface area contributed by atoms with Gasteiger partial charge in [0.05, 0.1) is 0 Å². The standard InChI is InChI=1S/BBrCl3.Na/c2-1(3,4)5;/q-1;+1. The quantitative estimate of drug-likeness (QED) is 0.484. The molecule has 0 amide bonds. The molecule has 0 aromatic rings. The van der Waals surface area contributed by atoms with E-state index < -0.39 is 3.22 Å². The summed E-state index contributed by atoms with van der Waals surface area (Å²) in [7, 11) is 0. The second kappa shape index (κ2) is 4.31. The van der Waals surface area contributed by atoms with Gasteiger partial charge in [-0.05, 0) is 0 Å². The van der Waals surface area contributed by atoms with Gasteiger partial charge in [0.15, 0.2) is 0 Å². The molecule has 0 aromatic heterocycles. The fourth-order valence-electron chi connectivity index (χ4n) is 0. The number of halogens is 4. The molecule has 0 saturated carbocycles. The first-order valence-electron chi connectivity index (χ1n) is 0.873. The molecule has 0 aliphatic carbocycles. The van der Waals surface area contributed by atoms with Crippen molar-refractivity contribution in [2.75, 3.05) is 0 Å². The molecule has 0 spiro atoms. The molecule has 0 nitrogen and oxygen atoms in total. The van der Waals surface area contributed by atoms with Gasteiger partial charge in [-0.2, -0.15) is 0 Å². The van der Waals surface area contributed by atoms with Gasteiger partial charge in [0.1, 0.15) is 0 Å². The van der Waals surface area contributed by atoms with Gasteiger partial charge in [-0.1, -0.05) is 0 Å². The van der Waals surface area contributed by atoms with Gasteiger partial charge in [-0.15, -0.1) is 0 Å². The van der Waals surface area contributed by atoms with E-state index >= 15 is 0 Å². The fourth-order valence-corrected chi connectivity index (χ4v) is 0. The van der Waals surface area contributed by atoms with Gasteiger partial charge in [-0.25, -0.2) is 0 Å². The van der Waals surface area contributed by atoms with Crippen molar-refractivity contribution in [1.82, 2.24) is 0 Å². The van der Waals surface area contributed by atoms with Crippen LogP contribution in [0.25, 0.3) is 0 Å². The molecule has 6 heavy (non-hydrogen) atoms. The molecule has 0 aromatic carbocycles. The number of hydrogen-bond donors (Lipinski definition) is 0. The Kier molecular flexibility index (Phi) is 8.07. The monoisotopic (exact) mass is 218 g/mol. The zero-order valence-corrected chi connectivity index (χ0v) is 8.94. The fraction of sp³-hybridized carbons (Fsp3) is 0. The van der Waals surface area contributed by atoms with Crippen molar-refractivity contribution < 1.29 is 29.6 Å². The molecule has 0 bridgehead atoms. The van der Waals surface area contributed by atoms with E-state index in [0.29, 0.717) is 0 Å². The van der Waals surface area contributed by atoms with Gasteiger partial charge in [-0.3, -0.25) is 15.8 Å². The Morgan fingerprint density at radius 2 is 1.17 bits per heavy atom. The molecule has 0 N–H and O–H groups in total. The normalized spacial score (nSPS) is 10.0. The minimum Gasteiger partial charge on any atom is -0.337 e. The summed E-state index contributed by atoms with van der Waals surface area (Å²) in [5.74, 6) is 0. The minimum atomic E-state index is -1.77. The summed E-state index contributed by atoms with van der Waals surface area (Å²) in [6, 6.07) is 0. The van der Waals surface area contributed by atoms with Gasteiger partial charge < -0.3 is 34.4 Å². The smallest absolute Gasteiger partial charge is 0.337 e. The van der Waals surface area contributed by atoms with E-state index in [2.05, 4.69) is 15.8 Å². The maximum absolute atomic E-state index is 5.04. The molecule has 0 saturated heterocycles. The van der Waals surface area contributed by atoms with Crippen molar-refractivity contribution in [3.8, 4) is 0 Å². The summed E-state index contributed by atoms with van der Waals surface area (Å²) >= 11 is 17.9. The third-order valence-electron chi connectivity index (χ3n) is 0. The third kappa shape index (κ3) is 32.3. The van der Waals surface area contributed by atoms with Crippen LogP contribution >= 0.6 is 50.1 Å². The molecule has 0 unspecified atom stereocenters. The van der Waals surface area contributed by atoms with E-state index in [1.165, 1.54) is 0 Å². The van der Waals surface area contributed by atoms with Crippen LogP contribution in [0.4, 0.5) is 0 Å². The Hall–Kier alpha value is 2.41. The first-order chi connectivity index (χ1) is 2.00. The Bertz CT molecular complexity index is 26.3. The molecule has 0 aliphatic heterocycles. The molecular weight excluding hydrogens is 220 g/mol. The minimum absolute atomic E-state index is 0. The largest absolute Gasteiger partial charge is 1.00 e. The number of hydrogen-bond acceptors (Lipinski definition) is 0. The van der Waals surface area contributed by atoms with Crippen molar-refractivity contribution in [3.05, 3.63) is 0 Å². The average molecular weight is 220 g/mol. The van der Waals surface area contributed by atoms with Crippen molar-refractivity contribution in [3.63, 3.8) is 0 Å². The van der Waals surface area contributed by atoms with E-state index in [4.69, 9.17) is 34.4 Å². The van der Waals surface area contributed by atoms with Crippen LogP contribution < -0.4 is 29.6 Å². The molecule has 0 atom stereocenters. The third-order valence-corrected chi connectivity index (χ3v) is 0.